The van der Waals surface area contributed by atoms with Gasteiger partial charge in [0, 0.05) is 6.42 Å². The van der Waals surface area contributed by atoms with Gasteiger partial charge in [-0.1, -0.05) is 60.7 Å². The van der Waals surface area contributed by atoms with Crippen LogP contribution in [0.25, 0.3) is 0 Å². The van der Waals surface area contributed by atoms with E-state index in [1.807, 2.05) is 48.5 Å². The number of ether oxygens (including phenoxy) is 4. The van der Waals surface area contributed by atoms with E-state index in [4.69, 9.17) is 9.47 Å². The molecule has 0 heterocycles. The largest absolute Gasteiger partial charge is 0.427 e. The SMILES string of the molecule is CNC(C)C(=O)OCOC(=O)C(C)NC(=O)CC(C)=O.CNC(Cc1ccccc1)C(=O)OCOC(=O)C(Cc1ccccc1)NC(=O)CC(C)=O. The summed E-state index contributed by atoms with van der Waals surface area (Å²) in [6.07, 6.45) is -0.0462. The van der Waals surface area contributed by atoms with Gasteiger partial charge in [0.25, 0.3) is 0 Å². The predicted octanol–water partition coefficient (Wildman–Crippen LogP) is 0.690. The Morgan fingerprint density at radius 1 is 0.519 bits per heavy atom. The van der Waals surface area contributed by atoms with Crippen molar-refractivity contribution in [3.63, 3.8) is 0 Å². The Hall–Kier alpha value is -5.48. The van der Waals surface area contributed by atoms with Crippen LogP contribution < -0.4 is 21.3 Å². The topological polar surface area (TPSA) is 222 Å². The monoisotopic (exact) mass is 728 g/mol. The number of carbonyl (C=O) groups excluding carboxylic acids is 8. The summed E-state index contributed by atoms with van der Waals surface area (Å²) in [5, 5.41) is 10.4. The van der Waals surface area contributed by atoms with Gasteiger partial charge in [-0.25, -0.2) is 9.59 Å². The maximum atomic E-state index is 12.6. The van der Waals surface area contributed by atoms with Gasteiger partial charge >= 0.3 is 23.9 Å². The van der Waals surface area contributed by atoms with Gasteiger partial charge in [-0.05, 0) is 59.3 Å². The van der Waals surface area contributed by atoms with Gasteiger partial charge in [-0.2, -0.15) is 0 Å². The number of nitrogens with one attached hydrogen (secondary N) is 4. The highest BCUT2D eigenvalue weighted by Crippen LogP contribution is 2.07. The van der Waals surface area contributed by atoms with Crippen LogP contribution in [0.4, 0.5) is 0 Å². The second-order valence-electron chi connectivity index (χ2n) is 11.5. The number of carbonyl (C=O) groups is 8. The first kappa shape index (κ1) is 44.5. The zero-order valence-electron chi connectivity index (χ0n) is 30.2. The van der Waals surface area contributed by atoms with Crippen molar-refractivity contribution in [2.75, 3.05) is 27.7 Å². The molecule has 0 bridgehead atoms. The van der Waals surface area contributed by atoms with Crippen molar-refractivity contribution in [1.82, 2.24) is 21.3 Å². The summed E-state index contributed by atoms with van der Waals surface area (Å²) < 4.78 is 19.5. The van der Waals surface area contributed by atoms with Crippen molar-refractivity contribution in [3.05, 3.63) is 71.8 Å². The number of hydrogen-bond donors (Lipinski definition) is 4. The lowest BCUT2D eigenvalue weighted by Crippen LogP contribution is -2.44. The van der Waals surface area contributed by atoms with Gasteiger partial charge in [0.2, 0.25) is 25.4 Å². The average Bonchev–Trinajstić information content (AvgIpc) is 3.10. The van der Waals surface area contributed by atoms with Crippen molar-refractivity contribution in [2.24, 2.45) is 0 Å². The smallest absolute Gasteiger partial charge is 0.331 e. The van der Waals surface area contributed by atoms with Gasteiger partial charge in [-0.3, -0.25) is 28.8 Å². The van der Waals surface area contributed by atoms with E-state index in [1.165, 1.54) is 20.8 Å². The van der Waals surface area contributed by atoms with Crippen LogP contribution in [-0.4, -0.2) is 99.1 Å². The molecule has 4 atom stereocenters. The molecule has 0 spiro atoms. The lowest BCUT2D eigenvalue weighted by Gasteiger charge is -2.19. The number of benzene rings is 2. The molecule has 0 aliphatic carbocycles. The molecule has 0 radical (unpaired) electrons. The Bertz CT molecular complexity index is 1490. The fourth-order valence-electron chi connectivity index (χ4n) is 4.11. The van der Waals surface area contributed by atoms with Gasteiger partial charge in [0.15, 0.2) is 0 Å². The van der Waals surface area contributed by atoms with Crippen molar-refractivity contribution in [1.29, 1.82) is 0 Å². The molecule has 0 aromatic heterocycles. The van der Waals surface area contributed by atoms with Crippen LogP contribution >= 0.6 is 0 Å². The zero-order valence-corrected chi connectivity index (χ0v) is 30.2. The molecule has 4 N–H and O–H groups in total. The quantitative estimate of drug-likeness (QED) is 0.0838. The molecule has 284 valence electrons. The minimum Gasteiger partial charge on any atom is -0.427 e. The fraction of sp³-hybridized carbons (Fsp3) is 0.444. The van der Waals surface area contributed by atoms with E-state index in [0.717, 1.165) is 11.1 Å². The molecule has 16 heteroatoms. The Morgan fingerprint density at radius 3 is 1.33 bits per heavy atom. The highest BCUT2D eigenvalue weighted by molar-refractivity contribution is 5.99. The highest BCUT2D eigenvalue weighted by atomic mass is 16.7. The van der Waals surface area contributed by atoms with E-state index in [-0.39, 0.29) is 30.8 Å². The van der Waals surface area contributed by atoms with Crippen LogP contribution in [0.3, 0.4) is 0 Å². The number of esters is 4. The number of ketones is 2. The zero-order chi connectivity index (χ0) is 39.1. The molecule has 0 aliphatic rings. The average molecular weight is 729 g/mol. The summed E-state index contributed by atoms with van der Waals surface area (Å²) in [5.41, 5.74) is 1.75. The van der Waals surface area contributed by atoms with Gasteiger partial charge in [0.05, 0.1) is 12.8 Å². The van der Waals surface area contributed by atoms with E-state index in [9.17, 15) is 38.4 Å². The summed E-state index contributed by atoms with van der Waals surface area (Å²) in [6.45, 7) is 4.43. The van der Waals surface area contributed by atoms with Crippen LogP contribution in [0, 0.1) is 0 Å². The normalized spacial score (nSPS) is 12.6. The molecule has 0 aliphatic heterocycles. The van der Waals surface area contributed by atoms with Crippen LogP contribution in [0.2, 0.25) is 0 Å². The molecule has 2 aromatic carbocycles. The van der Waals surface area contributed by atoms with Gasteiger partial charge in [-0.15, -0.1) is 0 Å². The molecule has 2 aromatic rings. The first-order valence-electron chi connectivity index (χ1n) is 16.3. The van der Waals surface area contributed by atoms with Crippen molar-refractivity contribution in [3.8, 4) is 0 Å². The van der Waals surface area contributed by atoms with Crippen LogP contribution in [0.15, 0.2) is 60.7 Å². The first-order chi connectivity index (χ1) is 24.7. The Balaban J connectivity index is 0.000000583. The molecule has 16 nitrogen and oxygen atoms in total. The molecule has 2 rings (SSSR count). The molecule has 0 saturated heterocycles. The summed E-state index contributed by atoms with van der Waals surface area (Å²) >= 11 is 0. The first-order valence-corrected chi connectivity index (χ1v) is 16.3. The van der Waals surface area contributed by atoms with Crippen LogP contribution in [0.1, 0.15) is 51.7 Å². The van der Waals surface area contributed by atoms with Crippen molar-refractivity contribution < 1.29 is 57.3 Å². The van der Waals surface area contributed by atoms with Crippen LogP contribution in [-0.2, 0) is 70.1 Å². The Kier molecular flexibility index (Phi) is 21.1. The molecule has 52 heavy (non-hydrogen) atoms. The summed E-state index contributed by atoms with van der Waals surface area (Å²) in [6, 6.07) is 15.4. The third-order valence-electron chi connectivity index (χ3n) is 6.96. The molecular formula is C36H48N4O12. The second kappa shape index (κ2) is 24.6. The van der Waals surface area contributed by atoms with E-state index in [1.54, 1.807) is 33.2 Å². The number of hydrogen-bond acceptors (Lipinski definition) is 14. The number of rotatable bonds is 20. The van der Waals surface area contributed by atoms with Crippen LogP contribution in [0.5, 0.6) is 0 Å². The molecule has 2 amide bonds. The summed E-state index contributed by atoms with van der Waals surface area (Å²) in [4.78, 5) is 92.7. The fourth-order valence-corrected chi connectivity index (χ4v) is 4.11. The van der Waals surface area contributed by atoms with E-state index < -0.39 is 73.4 Å². The number of likely N-dealkylation sites (N-methyl/N-ethyl adjacent to an activating group) is 2. The van der Waals surface area contributed by atoms with E-state index in [2.05, 4.69) is 30.7 Å². The molecule has 0 saturated carbocycles. The lowest BCUT2D eigenvalue weighted by atomic mass is 10.1. The van der Waals surface area contributed by atoms with E-state index >= 15 is 0 Å². The van der Waals surface area contributed by atoms with Crippen molar-refractivity contribution in [2.45, 2.75) is 77.5 Å². The highest BCUT2D eigenvalue weighted by Gasteiger charge is 2.25. The Labute approximate surface area is 302 Å². The van der Waals surface area contributed by atoms with E-state index in [0.29, 0.717) is 6.42 Å². The summed E-state index contributed by atoms with van der Waals surface area (Å²) in [7, 11) is 3.23. The predicted molar refractivity (Wildman–Crippen MR) is 186 cm³/mol. The number of Topliss-reactive ketones (excluding diaryl/α,β-unsaturated/α-hetero) is 2. The molecular weight excluding hydrogens is 680 g/mol. The minimum atomic E-state index is -1.02. The second-order valence-corrected chi connectivity index (χ2v) is 11.5. The third kappa shape index (κ3) is 19.1. The van der Waals surface area contributed by atoms with Crippen molar-refractivity contribution >= 4 is 47.3 Å². The minimum absolute atomic E-state index is 0.171. The van der Waals surface area contributed by atoms with Gasteiger partial charge < -0.3 is 40.2 Å². The summed E-state index contributed by atoms with van der Waals surface area (Å²) in [5.74, 6) is -4.42. The molecule has 4 unspecified atom stereocenters. The van der Waals surface area contributed by atoms with Gasteiger partial charge in [0.1, 0.15) is 35.7 Å². The number of amides is 2. The maximum Gasteiger partial charge on any atom is 0.331 e. The third-order valence-corrected chi connectivity index (χ3v) is 6.96. The molecule has 0 fully saturated rings. The maximum absolute atomic E-state index is 12.6. The standard InChI is InChI=1S/C24H28N2O6.C12H20N2O6/c1-17(27)13-22(28)26-21(15-19-11-7-4-8-12-19)24(30)32-16-31-23(29)20(25-2)14-18-9-5-3-6-10-18;1-7(15)5-10(16)14-9(3)12(18)20-6-19-11(17)8(2)13-4/h3-12,20-21,25H,13-16H2,1-2H3,(H,26,28);8-9,13H,5-6H2,1-4H3,(H,14,16). The Morgan fingerprint density at radius 2 is 0.904 bits per heavy atom. The lowest BCUT2D eigenvalue weighted by molar-refractivity contribution is -0.171.